The van der Waals surface area contributed by atoms with Crippen LogP contribution >= 0.6 is 0 Å². The summed E-state index contributed by atoms with van der Waals surface area (Å²) in [4.78, 5) is 10.9. The molecule has 0 aliphatic rings. The van der Waals surface area contributed by atoms with Gasteiger partial charge in [0.1, 0.15) is 6.42 Å². The Morgan fingerprint density at radius 2 is 1.93 bits per heavy atom. The lowest BCUT2D eigenvalue weighted by molar-refractivity contribution is -0.150. The number of halogens is 3. The third kappa shape index (κ3) is 4.01. The molecule has 0 radical (unpaired) electrons. The largest absolute Gasteiger partial charge is 0.397 e. The molecule has 1 rings (SSSR count). The molecular formula is C10H10F3NO. The van der Waals surface area contributed by atoms with E-state index >= 15 is 0 Å². The van der Waals surface area contributed by atoms with E-state index in [1.807, 2.05) is 0 Å². The molecule has 0 aliphatic heterocycles. The summed E-state index contributed by atoms with van der Waals surface area (Å²) in [6, 6.07) is 6.66. The molecule has 1 N–H and O–H groups in total. The molecule has 0 aromatic heterocycles. The standard InChI is InChI=1S/C10H10F3NO/c1-7-4-2-3-5-8(7)14-9(15)6-10(11,12)13/h2-5H,6H2,1H3,(H,14,15). The molecule has 15 heavy (non-hydrogen) atoms. The van der Waals surface area contributed by atoms with Gasteiger partial charge in [-0.1, -0.05) is 18.2 Å². The quantitative estimate of drug-likeness (QED) is 0.810. The van der Waals surface area contributed by atoms with E-state index in [0.717, 1.165) is 5.56 Å². The fraction of sp³-hybridized carbons (Fsp3) is 0.300. The molecule has 0 heterocycles. The summed E-state index contributed by atoms with van der Waals surface area (Å²) in [6.07, 6.45) is -5.92. The summed E-state index contributed by atoms with van der Waals surface area (Å²) in [5, 5.41) is 2.21. The second kappa shape index (κ2) is 4.33. The predicted octanol–water partition coefficient (Wildman–Crippen LogP) is 2.89. The van der Waals surface area contributed by atoms with Gasteiger partial charge >= 0.3 is 6.18 Å². The van der Waals surface area contributed by atoms with Crippen LogP contribution in [0.5, 0.6) is 0 Å². The van der Waals surface area contributed by atoms with Crippen LogP contribution in [-0.4, -0.2) is 12.1 Å². The van der Waals surface area contributed by atoms with Gasteiger partial charge in [-0.2, -0.15) is 13.2 Å². The Labute approximate surface area is 85.1 Å². The molecule has 0 fully saturated rings. The van der Waals surface area contributed by atoms with E-state index in [1.165, 1.54) is 0 Å². The van der Waals surface area contributed by atoms with Gasteiger partial charge in [-0.25, -0.2) is 0 Å². The van der Waals surface area contributed by atoms with Crippen molar-refractivity contribution in [2.75, 3.05) is 5.32 Å². The third-order valence-electron chi connectivity index (χ3n) is 1.78. The first-order chi connectivity index (χ1) is 6.88. The SMILES string of the molecule is Cc1ccccc1NC(=O)CC(F)(F)F. The van der Waals surface area contributed by atoms with E-state index in [9.17, 15) is 18.0 Å². The molecule has 1 aromatic rings. The maximum absolute atomic E-state index is 11.8. The van der Waals surface area contributed by atoms with Crippen molar-refractivity contribution in [1.82, 2.24) is 0 Å². The average Bonchev–Trinajstić information content (AvgIpc) is 2.05. The van der Waals surface area contributed by atoms with Crippen molar-refractivity contribution in [2.24, 2.45) is 0 Å². The zero-order valence-electron chi connectivity index (χ0n) is 8.06. The fourth-order valence-corrected chi connectivity index (χ4v) is 1.09. The van der Waals surface area contributed by atoms with Crippen LogP contribution in [-0.2, 0) is 4.79 Å². The summed E-state index contributed by atoms with van der Waals surface area (Å²) in [6.45, 7) is 1.71. The molecule has 82 valence electrons. The van der Waals surface area contributed by atoms with Crippen molar-refractivity contribution in [3.63, 3.8) is 0 Å². The van der Waals surface area contributed by atoms with Crippen molar-refractivity contribution in [3.05, 3.63) is 29.8 Å². The molecule has 0 saturated carbocycles. The maximum atomic E-state index is 11.8. The molecule has 0 spiro atoms. The van der Waals surface area contributed by atoms with E-state index in [-0.39, 0.29) is 0 Å². The maximum Gasteiger partial charge on any atom is 0.397 e. The van der Waals surface area contributed by atoms with Gasteiger partial charge in [0.15, 0.2) is 0 Å². The number of benzene rings is 1. The van der Waals surface area contributed by atoms with Crippen LogP contribution in [0, 0.1) is 6.92 Å². The van der Waals surface area contributed by atoms with Crippen LogP contribution in [0.25, 0.3) is 0 Å². The van der Waals surface area contributed by atoms with Gasteiger partial charge in [-0.15, -0.1) is 0 Å². The van der Waals surface area contributed by atoms with E-state index in [1.54, 1.807) is 31.2 Å². The summed E-state index contributed by atoms with van der Waals surface area (Å²) >= 11 is 0. The number of alkyl halides is 3. The first-order valence-electron chi connectivity index (χ1n) is 4.31. The molecule has 0 bridgehead atoms. The van der Waals surface area contributed by atoms with Crippen molar-refractivity contribution >= 4 is 11.6 Å². The number of anilines is 1. The molecule has 1 amide bonds. The zero-order valence-corrected chi connectivity index (χ0v) is 8.06. The summed E-state index contributed by atoms with van der Waals surface area (Å²) in [5.74, 6) is -1.04. The summed E-state index contributed by atoms with van der Waals surface area (Å²) in [5.41, 5.74) is 1.14. The number of hydrogen-bond acceptors (Lipinski definition) is 1. The molecule has 1 aromatic carbocycles. The van der Waals surface area contributed by atoms with Gasteiger partial charge in [0.05, 0.1) is 0 Å². The highest BCUT2D eigenvalue weighted by Gasteiger charge is 2.31. The highest BCUT2D eigenvalue weighted by atomic mass is 19.4. The lowest BCUT2D eigenvalue weighted by Gasteiger charge is -2.09. The lowest BCUT2D eigenvalue weighted by atomic mass is 10.2. The molecule has 2 nitrogen and oxygen atoms in total. The van der Waals surface area contributed by atoms with Gasteiger partial charge in [0, 0.05) is 5.69 Å². The van der Waals surface area contributed by atoms with Gasteiger partial charge in [0.25, 0.3) is 0 Å². The van der Waals surface area contributed by atoms with Crippen molar-refractivity contribution in [1.29, 1.82) is 0 Å². The molecule has 0 aliphatic carbocycles. The second-order valence-electron chi connectivity index (χ2n) is 3.16. The Kier molecular flexibility index (Phi) is 3.34. The number of aryl methyl sites for hydroxylation is 1. The summed E-state index contributed by atoms with van der Waals surface area (Å²) in [7, 11) is 0. The van der Waals surface area contributed by atoms with E-state index in [0.29, 0.717) is 5.69 Å². The Bertz CT molecular complexity index is 360. The Balaban J connectivity index is 2.64. The van der Waals surface area contributed by atoms with Crippen molar-refractivity contribution in [2.45, 2.75) is 19.5 Å². The number of amides is 1. The van der Waals surface area contributed by atoms with Crippen LogP contribution in [0.1, 0.15) is 12.0 Å². The van der Waals surface area contributed by atoms with E-state index < -0.39 is 18.5 Å². The highest BCUT2D eigenvalue weighted by molar-refractivity contribution is 5.91. The smallest absolute Gasteiger partial charge is 0.326 e. The van der Waals surface area contributed by atoms with E-state index in [2.05, 4.69) is 5.32 Å². The minimum Gasteiger partial charge on any atom is -0.326 e. The summed E-state index contributed by atoms with van der Waals surface area (Å²) < 4.78 is 35.5. The average molecular weight is 217 g/mol. The number of carbonyl (C=O) groups excluding carboxylic acids is 1. The minimum absolute atomic E-state index is 0.409. The Morgan fingerprint density at radius 3 is 2.47 bits per heavy atom. The van der Waals surface area contributed by atoms with Gasteiger partial charge in [-0.3, -0.25) is 4.79 Å². The van der Waals surface area contributed by atoms with Crippen molar-refractivity contribution in [3.8, 4) is 0 Å². The van der Waals surface area contributed by atoms with Crippen LogP contribution < -0.4 is 5.32 Å². The number of nitrogens with one attached hydrogen (secondary N) is 1. The first kappa shape index (κ1) is 11.6. The zero-order chi connectivity index (χ0) is 11.5. The fourth-order valence-electron chi connectivity index (χ4n) is 1.09. The van der Waals surface area contributed by atoms with E-state index in [4.69, 9.17) is 0 Å². The number of carbonyl (C=O) groups is 1. The molecule has 0 saturated heterocycles. The van der Waals surface area contributed by atoms with Crippen LogP contribution in [0.2, 0.25) is 0 Å². The molecule has 0 unspecified atom stereocenters. The first-order valence-corrected chi connectivity index (χ1v) is 4.31. The number of rotatable bonds is 2. The second-order valence-corrected chi connectivity index (χ2v) is 3.16. The lowest BCUT2D eigenvalue weighted by Crippen LogP contribution is -2.21. The van der Waals surface area contributed by atoms with Crippen LogP contribution in [0.3, 0.4) is 0 Å². The van der Waals surface area contributed by atoms with Gasteiger partial charge in [0.2, 0.25) is 5.91 Å². The molecule has 0 atom stereocenters. The van der Waals surface area contributed by atoms with Crippen molar-refractivity contribution < 1.29 is 18.0 Å². The monoisotopic (exact) mass is 217 g/mol. The number of hydrogen-bond donors (Lipinski definition) is 1. The Morgan fingerprint density at radius 1 is 1.33 bits per heavy atom. The Hall–Kier alpha value is -1.52. The normalized spacial score (nSPS) is 11.2. The third-order valence-corrected chi connectivity index (χ3v) is 1.78. The molecular weight excluding hydrogens is 207 g/mol. The van der Waals surface area contributed by atoms with Crippen LogP contribution in [0.15, 0.2) is 24.3 Å². The number of para-hydroxylation sites is 1. The molecule has 5 heteroatoms. The minimum atomic E-state index is -4.47. The van der Waals surface area contributed by atoms with Gasteiger partial charge < -0.3 is 5.32 Å². The van der Waals surface area contributed by atoms with Crippen LogP contribution in [0.4, 0.5) is 18.9 Å². The predicted molar refractivity (Wildman–Crippen MR) is 50.5 cm³/mol. The van der Waals surface area contributed by atoms with Gasteiger partial charge in [-0.05, 0) is 18.6 Å². The topological polar surface area (TPSA) is 29.1 Å². The highest BCUT2D eigenvalue weighted by Crippen LogP contribution is 2.21.